The molecule has 1 aromatic rings. The van der Waals surface area contributed by atoms with Gasteiger partial charge < -0.3 is 10.6 Å². The van der Waals surface area contributed by atoms with Crippen molar-refractivity contribution in [3.63, 3.8) is 0 Å². The number of pyridine rings is 1. The first-order valence-electron chi connectivity index (χ1n) is 6.19. The van der Waals surface area contributed by atoms with E-state index in [1.165, 1.54) is 5.56 Å². The van der Waals surface area contributed by atoms with Gasteiger partial charge >= 0.3 is 0 Å². The highest BCUT2D eigenvalue weighted by Crippen LogP contribution is 1.95. The number of hydrogen-bond acceptors (Lipinski definition) is 3. The van der Waals surface area contributed by atoms with Crippen LogP contribution in [0.3, 0.4) is 0 Å². The SMILES string of the molecule is CCCNC(=O)CCNCCc1ccncc1. The van der Waals surface area contributed by atoms with Gasteiger partial charge in [-0.05, 0) is 37.1 Å². The maximum Gasteiger partial charge on any atom is 0.221 e. The van der Waals surface area contributed by atoms with Gasteiger partial charge in [-0.1, -0.05) is 6.92 Å². The molecular weight excluding hydrogens is 214 g/mol. The molecule has 0 bridgehead atoms. The molecule has 0 aromatic carbocycles. The van der Waals surface area contributed by atoms with Gasteiger partial charge in [-0.15, -0.1) is 0 Å². The molecule has 0 spiro atoms. The summed E-state index contributed by atoms with van der Waals surface area (Å²) in [5.41, 5.74) is 1.27. The molecule has 0 saturated heterocycles. The number of rotatable bonds is 8. The van der Waals surface area contributed by atoms with Crippen LogP contribution in [0.5, 0.6) is 0 Å². The predicted octanol–water partition coefficient (Wildman–Crippen LogP) is 1.13. The van der Waals surface area contributed by atoms with Crippen molar-refractivity contribution in [2.75, 3.05) is 19.6 Å². The summed E-state index contributed by atoms with van der Waals surface area (Å²) in [4.78, 5) is 15.2. The predicted molar refractivity (Wildman–Crippen MR) is 68.7 cm³/mol. The van der Waals surface area contributed by atoms with E-state index in [1.807, 2.05) is 19.1 Å². The third-order valence-electron chi connectivity index (χ3n) is 2.44. The topological polar surface area (TPSA) is 54.0 Å². The van der Waals surface area contributed by atoms with Gasteiger partial charge in [0.05, 0.1) is 0 Å². The van der Waals surface area contributed by atoms with Crippen LogP contribution >= 0.6 is 0 Å². The second kappa shape index (κ2) is 8.70. The van der Waals surface area contributed by atoms with Gasteiger partial charge in [0.15, 0.2) is 0 Å². The first kappa shape index (κ1) is 13.6. The first-order valence-corrected chi connectivity index (χ1v) is 6.19. The summed E-state index contributed by atoms with van der Waals surface area (Å²) in [7, 11) is 0. The van der Waals surface area contributed by atoms with Gasteiger partial charge in [0, 0.05) is 31.9 Å². The highest BCUT2D eigenvalue weighted by atomic mass is 16.1. The molecule has 94 valence electrons. The minimum absolute atomic E-state index is 0.128. The number of hydrogen-bond donors (Lipinski definition) is 2. The molecule has 0 aliphatic carbocycles. The number of nitrogens with zero attached hydrogens (tertiary/aromatic N) is 1. The second-order valence-electron chi connectivity index (χ2n) is 3.96. The minimum Gasteiger partial charge on any atom is -0.356 e. The Bertz CT molecular complexity index is 314. The Labute approximate surface area is 103 Å². The average Bonchev–Trinajstić information content (AvgIpc) is 2.37. The number of nitrogens with one attached hydrogen (secondary N) is 2. The van der Waals surface area contributed by atoms with Crippen LogP contribution in [-0.4, -0.2) is 30.5 Å². The molecule has 1 amide bonds. The van der Waals surface area contributed by atoms with E-state index in [0.29, 0.717) is 6.42 Å². The van der Waals surface area contributed by atoms with Gasteiger partial charge in [0.1, 0.15) is 0 Å². The summed E-state index contributed by atoms with van der Waals surface area (Å²) in [5, 5.41) is 6.11. The molecule has 4 nitrogen and oxygen atoms in total. The smallest absolute Gasteiger partial charge is 0.221 e. The molecule has 1 rings (SSSR count). The summed E-state index contributed by atoms with van der Waals surface area (Å²) in [6.07, 6.45) is 6.11. The van der Waals surface area contributed by atoms with Crippen molar-refractivity contribution in [1.29, 1.82) is 0 Å². The normalized spacial score (nSPS) is 10.2. The van der Waals surface area contributed by atoms with Crippen molar-refractivity contribution >= 4 is 5.91 Å². The zero-order valence-corrected chi connectivity index (χ0v) is 10.4. The van der Waals surface area contributed by atoms with Gasteiger partial charge in [-0.2, -0.15) is 0 Å². The Morgan fingerprint density at radius 3 is 2.71 bits per heavy atom. The Kier molecular flexibility index (Phi) is 6.98. The third kappa shape index (κ3) is 6.68. The van der Waals surface area contributed by atoms with Crippen LogP contribution in [0.2, 0.25) is 0 Å². The Morgan fingerprint density at radius 1 is 1.24 bits per heavy atom. The van der Waals surface area contributed by atoms with E-state index in [1.54, 1.807) is 12.4 Å². The van der Waals surface area contributed by atoms with E-state index in [4.69, 9.17) is 0 Å². The quantitative estimate of drug-likeness (QED) is 0.664. The van der Waals surface area contributed by atoms with E-state index in [-0.39, 0.29) is 5.91 Å². The molecule has 0 aliphatic heterocycles. The zero-order valence-electron chi connectivity index (χ0n) is 10.4. The van der Waals surface area contributed by atoms with E-state index < -0.39 is 0 Å². The van der Waals surface area contributed by atoms with Crippen LogP contribution in [0.15, 0.2) is 24.5 Å². The second-order valence-corrected chi connectivity index (χ2v) is 3.96. The number of carbonyl (C=O) groups is 1. The van der Waals surface area contributed by atoms with Crippen molar-refractivity contribution in [3.8, 4) is 0 Å². The van der Waals surface area contributed by atoms with Crippen molar-refractivity contribution < 1.29 is 4.79 Å². The maximum atomic E-state index is 11.3. The van der Waals surface area contributed by atoms with Crippen LogP contribution < -0.4 is 10.6 Å². The maximum absolute atomic E-state index is 11.3. The molecule has 17 heavy (non-hydrogen) atoms. The third-order valence-corrected chi connectivity index (χ3v) is 2.44. The largest absolute Gasteiger partial charge is 0.356 e. The van der Waals surface area contributed by atoms with Crippen LogP contribution in [0, 0.1) is 0 Å². The lowest BCUT2D eigenvalue weighted by molar-refractivity contribution is -0.120. The summed E-state index contributed by atoms with van der Waals surface area (Å²) >= 11 is 0. The van der Waals surface area contributed by atoms with Crippen molar-refractivity contribution in [2.24, 2.45) is 0 Å². The lowest BCUT2D eigenvalue weighted by Gasteiger charge is -2.05. The lowest BCUT2D eigenvalue weighted by Crippen LogP contribution is -2.28. The van der Waals surface area contributed by atoms with E-state index in [9.17, 15) is 4.79 Å². The minimum atomic E-state index is 0.128. The zero-order chi connectivity index (χ0) is 12.3. The molecule has 0 atom stereocenters. The van der Waals surface area contributed by atoms with Crippen LogP contribution in [-0.2, 0) is 11.2 Å². The van der Waals surface area contributed by atoms with Crippen LogP contribution in [0.1, 0.15) is 25.3 Å². The molecule has 1 heterocycles. The molecule has 1 aromatic heterocycles. The van der Waals surface area contributed by atoms with Crippen molar-refractivity contribution in [1.82, 2.24) is 15.6 Å². The summed E-state index contributed by atoms with van der Waals surface area (Å²) in [5.74, 6) is 0.128. The summed E-state index contributed by atoms with van der Waals surface area (Å²) < 4.78 is 0. The fraction of sp³-hybridized carbons (Fsp3) is 0.538. The molecule has 4 heteroatoms. The van der Waals surface area contributed by atoms with Gasteiger partial charge in [0.25, 0.3) is 0 Å². The van der Waals surface area contributed by atoms with E-state index in [2.05, 4.69) is 15.6 Å². The summed E-state index contributed by atoms with van der Waals surface area (Å²) in [6.45, 7) is 4.45. The Balaban J connectivity index is 1.99. The molecule has 0 unspecified atom stereocenters. The molecule has 0 aliphatic rings. The van der Waals surface area contributed by atoms with Crippen molar-refractivity contribution in [2.45, 2.75) is 26.2 Å². The molecule has 0 fully saturated rings. The average molecular weight is 235 g/mol. The van der Waals surface area contributed by atoms with Crippen LogP contribution in [0.25, 0.3) is 0 Å². The highest BCUT2D eigenvalue weighted by molar-refractivity contribution is 5.75. The van der Waals surface area contributed by atoms with Gasteiger partial charge in [0.2, 0.25) is 5.91 Å². The van der Waals surface area contributed by atoms with E-state index >= 15 is 0 Å². The fourth-order valence-electron chi connectivity index (χ4n) is 1.46. The summed E-state index contributed by atoms with van der Waals surface area (Å²) in [6, 6.07) is 4.02. The Hall–Kier alpha value is -1.42. The van der Waals surface area contributed by atoms with Crippen molar-refractivity contribution in [3.05, 3.63) is 30.1 Å². The number of aromatic nitrogens is 1. The molecule has 0 saturated carbocycles. The number of amides is 1. The van der Waals surface area contributed by atoms with E-state index in [0.717, 1.165) is 32.5 Å². The fourth-order valence-corrected chi connectivity index (χ4v) is 1.46. The Morgan fingerprint density at radius 2 is 2.00 bits per heavy atom. The molecule has 2 N–H and O–H groups in total. The number of carbonyl (C=O) groups excluding carboxylic acids is 1. The van der Waals surface area contributed by atoms with Crippen LogP contribution in [0.4, 0.5) is 0 Å². The highest BCUT2D eigenvalue weighted by Gasteiger charge is 1.98. The first-order chi connectivity index (χ1) is 8.33. The lowest BCUT2D eigenvalue weighted by atomic mass is 10.2. The van der Waals surface area contributed by atoms with Gasteiger partial charge in [-0.3, -0.25) is 9.78 Å². The monoisotopic (exact) mass is 235 g/mol. The molecule has 0 radical (unpaired) electrons. The molecular formula is C13H21N3O. The van der Waals surface area contributed by atoms with Gasteiger partial charge in [-0.25, -0.2) is 0 Å². The standard InChI is InChI=1S/C13H21N3O/c1-2-7-16-13(17)6-11-15-10-5-12-3-8-14-9-4-12/h3-4,8-9,15H,2,5-7,10-11H2,1H3,(H,16,17).